The first-order valence-electron chi connectivity index (χ1n) is 6.59. The van der Waals surface area contributed by atoms with Crippen LogP contribution in [0.15, 0.2) is 41.5 Å². The van der Waals surface area contributed by atoms with Gasteiger partial charge in [-0.3, -0.25) is 4.79 Å². The molecule has 0 aromatic heterocycles. The van der Waals surface area contributed by atoms with Crippen LogP contribution in [0.1, 0.15) is 19.3 Å². The minimum absolute atomic E-state index is 0.0659. The predicted octanol–water partition coefficient (Wildman–Crippen LogP) is 3.18. The van der Waals surface area contributed by atoms with Crippen molar-refractivity contribution >= 4 is 23.7 Å². The maximum absolute atomic E-state index is 11.5. The molecule has 4 nitrogen and oxygen atoms in total. The lowest BCUT2D eigenvalue weighted by atomic mass is 9.96. The van der Waals surface area contributed by atoms with Gasteiger partial charge in [0.25, 0.3) is 5.91 Å². The van der Waals surface area contributed by atoms with Crippen molar-refractivity contribution in [2.45, 2.75) is 19.3 Å². The Labute approximate surface area is 123 Å². The van der Waals surface area contributed by atoms with E-state index in [9.17, 15) is 4.79 Å². The molecule has 1 N–H and O–H groups in total. The first-order valence-corrected chi connectivity index (χ1v) is 6.97. The van der Waals surface area contributed by atoms with Gasteiger partial charge in [0, 0.05) is 11.2 Å². The molecule has 0 saturated heterocycles. The molecule has 1 aliphatic rings. The molecule has 1 aromatic carbocycles. The monoisotopic (exact) mass is 292 g/mol. The van der Waals surface area contributed by atoms with Crippen LogP contribution in [0.5, 0.6) is 5.75 Å². The number of hydrogen-bond acceptors (Lipinski definition) is 3. The highest BCUT2D eigenvalue weighted by Gasteiger charge is 2.07. The molecule has 106 valence electrons. The maximum Gasteiger partial charge on any atom is 0.277 e. The summed E-state index contributed by atoms with van der Waals surface area (Å²) < 4.78 is 5.31. The first kappa shape index (κ1) is 14.6. The zero-order valence-corrected chi connectivity index (χ0v) is 11.8. The number of carbonyl (C=O) groups is 1. The minimum atomic E-state index is -0.275. The number of amides is 1. The average Bonchev–Trinajstić information content (AvgIpc) is 2.48. The van der Waals surface area contributed by atoms with E-state index in [1.807, 2.05) is 0 Å². The summed E-state index contributed by atoms with van der Waals surface area (Å²) in [6.07, 6.45) is 9.25. The van der Waals surface area contributed by atoms with Gasteiger partial charge in [0.2, 0.25) is 0 Å². The number of allylic oxidation sites excluding steroid dienone is 2. The second kappa shape index (κ2) is 7.70. The summed E-state index contributed by atoms with van der Waals surface area (Å²) in [4.78, 5) is 11.5. The lowest BCUT2D eigenvalue weighted by molar-refractivity contribution is -0.123. The Bertz CT molecular complexity index is 497. The summed E-state index contributed by atoms with van der Waals surface area (Å²) in [6.45, 7) is -0.0659. The third-order valence-corrected chi connectivity index (χ3v) is 3.22. The second-order valence-corrected chi connectivity index (χ2v) is 5.04. The molecule has 0 heterocycles. The van der Waals surface area contributed by atoms with Crippen LogP contribution in [0, 0.1) is 5.92 Å². The largest absolute Gasteiger partial charge is 0.484 e. The van der Waals surface area contributed by atoms with Crippen molar-refractivity contribution in [2.24, 2.45) is 11.0 Å². The Morgan fingerprint density at radius 2 is 2.20 bits per heavy atom. The average molecular weight is 293 g/mol. The van der Waals surface area contributed by atoms with Gasteiger partial charge >= 0.3 is 0 Å². The third-order valence-electron chi connectivity index (χ3n) is 2.97. The molecule has 1 aliphatic carbocycles. The number of hydrazone groups is 1. The van der Waals surface area contributed by atoms with Crippen molar-refractivity contribution in [1.82, 2.24) is 5.43 Å². The van der Waals surface area contributed by atoms with Crippen LogP contribution in [-0.2, 0) is 4.79 Å². The summed E-state index contributed by atoms with van der Waals surface area (Å²) in [5, 5.41) is 4.59. The number of nitrogens with one attached hydrogen (secondary N) is 1. The highest BCUT2D eigenvalue weighted by molar-refractivity contribution is 6.30. The lowest BCUT2D eigenvalue weighted by Crippen LogP contribution is -2.25. The van der Waals surface area contributed by atoms with Crippen LogP contribution in [0.4, 0.5) is 0 Å². The Kier molecular flexibility index (Phi) is 5.62. The van der Waals surface area contributed by atoms with Crippen LogP contribution in [0.3, 0.4) is 0 Å². The molecule has 0 saturated carbocycles. The van der Waals surface area contributed by atoms with Crippen LogP contribution in [0.25, 0.3) is 0 Å². The van der Waals surface area contributed by atoms with Gasteiger partial charge in [0.1, 0.15) is 5.75 Å². The van der Waals surface area contributed by atoms with Gasteiger partial charge in [-0.1, -0.05) is 23.8 Å². The summed E-state index contributed by atoms with van der Waals surface area (Å²) >= 11 is 5.76. The van der Waals surface area contributed by atoms with E-state index >= 15 is 0 Å². The molecule has 5 heteroatoms. The summed E-state index contributed by atoms with van der Waals surface area (Å²) in [6, 6.07) is 6.85. The van der Waals surface area contributed by atoms with Crippen LogP contribution >= 0.6 is 11.6 Å². The fourth-order valence-electron chi connectivity index (χ4n) is 1.88. The Morgan fingerprint density at radius 3 is 2.90 bits per heavy atom. The van der Waals surface area contributed by atoms with Gasteiger partial charge < -0.3 is 4.74 Å². The first-order chi connectivity index (χ1) is 9.74. The zero-order chi connectivity index (χ0) is 14.2. The van der Waals surface area contributed by atoms with Crippen molar-refractivity contribution in [3.8, 4) is 5.75 Å². The number of rotatable bonds is 5. The maximum atomic E-state index is 11.5. The minimum Gasteiger partial charge on any atom is -0.484 e. The van der Waals surface area contributed by atoms with E-state index in [1.165, 1.54) is 0 Å². The van der Waals surface area contributed by atoms with Gasteiger partial charge in [-0.2, -0.15) is 5.10 Å². The van der Waals surface area contributed by atoms with Gasteiger partial charge in [-0.05, 0) is 49.4 Å². The van der Waals surface area contributed by atoms with Crippen molar-refractivity contribution in [3.05, 3.63) is 41.4 Å². The zero-order valence-electron chi connectivity index (χ0n) is 11.1. The molecule has 1 atom stereocenters. The number of hydrogen-bond donors (Lipinski definition) is 1. The highest BCUT2D eigenvalue weighted by Crippen LogP contribution is 2.16. The summed E-state index contributed by atoms with van der Waals surface area (Å²) in [5.41, 5.74) is 2.47. The highest BCUT2D eigenvalue weighted by atomic mass is 35.5. The number of nitrogens with zero attached hydrogens (tertiary/aromatic N) is 1. The fourth-order valence-corrected chi connectivity index (χ4v) is 2.01. The van der Waals surface area contributed by atoms with Gasteiger partial charge in [-0.15, -0.1) is 0 Å². The molecule has 0 aliphatic heterocycles. The number of ether oxygens (including phenoxy) is 1. The van der Waals surface area contributed by atoms with Crippen LogP contribution < -0.4 is 10.2 Å². The van der Waals surface area contributed by atoms with Crippen molar-refractivity contribution < 1.29 is 9.53 Å². The van der Waals surface area contributed by atoms with E-state index in [0.29, 0.717) is 16.7 Å². The normalized spacial score (nSPS) is 18.1. The third kappa shape index (κ3) is 5.05. The molecule has 1 aromatic rings. The number of carbonyl (C=O) groups excluding carboxylic acids is 1. The molecule has 0 fully saturated rings. The standard InChI is InChI=1S/C15H17ClN2O2/c16-13-6-8-14(9-7-13)20-11-15(19)18-17-10-12-4-2-1-3-5-12/h1-2,6-10,12H,3-5,11H2,(H,18,19)/b17-10-/t12-/m0/s1. The lowest BCUT2D eigenvalue weighted by Gasteiger charge is -2.11. The van der Waals surface area contributed by atoms with Gasteiger partial charge in [0.15, 0.2) is 6.61 Å². The molecular formula is C15H17ClN2O2. The second-order valence-electron chi connectivity index (χ2n) is 4.60. The van der Waals surface area contributed by atoms with Gasteiger partial charge in [-0.25, -0.2) is 5.43 Å². The van der Waals surface area contributed by atoms with E-state index in [2.05, 4.69) is 22.7 Å². The molecule has 0 bridgehead atoms. The van der Waals surface area contributed by atoms with E-state index in [1.54, 1.807) is 30.5 Å². The Hall–Kier alpha value is -1.81. The molecule has 2 rings (SSSR count). The number of halogens is 1. The van der Waals surface area contributed by atoms with Crippen LogP contribution in [-0.4, -0.2) is 18.7 Å². The van der Waals surface area contributed by atoms with E-state index in [-0.39, 0.29) is 12.5 Å². The van der Waals surface area contributed by atoms with Crippen molar-refractivity contribution in [2.75, 3.05) is 6.61 Å². The van der Waals surface area contributed by atoms with Crippen molar-refractivity contribution in [3.63, 3.8) is 0 Å². The Morgan fingerprint density at radius 1 is 1.40 bits per heavy atom. The molecular weight excluding hydrogens is 276 g/mol. The van der Waals surface area contributed by atoms with E-state index < -0.39 is 0 Å². The van der Waals surface area contributed by atoms with Crippen molar-refractivity contribution in [1.29, 1.82) is 0 Å². The molecule has 0 unspecified atom stereocenters. The molecule has 0 spiro atoms. The van der Waals surface area contributed by atoms with Crippen LogP contribution in [0.2, 0.25) is 5.02 Å². The quantitative estimate of drug-likeness (QED) is 0.515. The SMILES string of the molecule is O=C(COc1ccc(Cl)cc1)N/N=C\[C@H]1CC=CCC1. The van der Waals surface area contributed by atoms with Gasteiger partial charge in [0.05, 0.1) is 0 Å². The fraction of sp³-hybridized carbons (Fsp3) is 0.333. The Balaban J connectivity index is 1.68. The predicted molar refractivity (Wildman–Crippen MR) is 80.1 cm³/mol. The number of benzene rings is 1. The molecule has 20 heavy (non-hydrogen) atoms. The van der Waals surface area contributed by atoms with E-state index in [0.717, 1.165) is 19.3 Å². The topological polar surface area (TPSA) is 50.7 Å². The molecule has 0 radical (unpaired) electrons. The summed E-state index contributed by atoms with van der Waals surface area (Å²) in [7, 11) is 0. The smallest absolute Gasteiger partial charge is 0.277 e. The molecule has 1 amide bonds. The summed E-state index contributed by atoms with van der Waals surface area (Å²) in [5.74, 6) is 0.742. The van der Waals surface area contributed by atoms with E-state index in [4.69, 9.17) is 16.3 Å².